The summed E-state index contributed by atoms with van der Waals surface area (Å²) in [6.07, 6.45) is 19.6. The van der Waals surface area contributed by atoms with E-state index in [0.29, 0.717) is 16.2 Å². The monoisotopic (exact) mass is 389 g/mol. The molecule has 1 heteroatoms. The highest BCUT2D eigenvalue weighted by atomic mass is 14.7. The summed E-state index contributed by atoms with van der Waals surface area (Å²) in [7, 11) is 0. The van der Waals surface area contributed by atoms with Gasteiger partial charge in [-0.25, -0.2) is 0 Å². The predicted octanol–water partition coefficient (Wildman–Crippen LogP) is 8.11. The molecule has 0 spiro atoms. The highest BCUT2D eigenvalue weighted by Crippen LogP contribution is 2.69. The minimum absolute atomic E-state index is 0.0419. The van der Waals surface area contributed by atoms with Crippen molar-refractivity contribution in [3.8, 4) is 0 Å². The molecule has 0 aromatic carbocycles. The van der Waals surface area contributed by atoms with Crippen LogP contribution >= 0.6 is 0 Å². The molecule has 3 saturated carbocycles. The average Bonchev–Trinajstić information content (AvgIpc) is 2.95. The summed E-state index contributed by atoms with van der Waals surface area (Å²) in [5.74, 6) is 2.92. The van der Waals surface area contributed by atoms with Crippen LogP contribution in [0.3, 0.4) is 0 Å². The molecule has 0 bridgehead atoms. The maximum absolute atomic E-state index is 6.73. The van der Waals surface area contributed by atoms with Crippen LogP contribution in [0.1, 0.15) is 131 Å². The van der Waals surface area contributed by atoms with E-state index >= 15 is 0 Å². The highest BCUT2D eigenvalue weighted by molar-refractivity contribution is 5.10. The van der Waals surface area contributed by atoms with E-state index in [0.717, 1.165) is 17.8 Å². The molecule has 6 atom stereocenters. The molecule has 3 fully saturated rings. The Morgan fingerprint density at radius 2 is 1.50 bits per heavy atom. The Kier molecular flexibility index (Phi) is 6.66. The molecule has 3 aliphatic rings. The van der Waals surface area contributed by atoms with E-state index in [2.05, 4.69) is 41.5 Å². The second-order valence-electron chi connectivity index (χ2n) is 12.5. The SMILES string of the molecule is CCCC1CCC2C3CCCCC(C)(N)CCC(C)(C)[C@@]3(CCC)CCC12C. The van der Waals surface area contributed by atoms with E-state index in [1.807, 2.05) is 0 Å². The van der Waals surface area contributed by atoms with Gasteiger partial charge in [-0.2, -0.15) is 0 Å². The smallest absolute Gasteiger partial charge is 0.0126 e. The van der Waals surface area contributed by atoms with E-state index in [9.17, 15) is 0 Å². The fourth-order valence-electron chi connectivity index (χ4n) is 8.56. The summed E-state index contributed by atoms with van der Waals surface area (Å²) in [4.78, 5) is 0. The first-order valence-corrected chi connectivity index (χ1v) is 12.9. The van der Waals surface area contributed by atoms with Crippen molar-refractivity contribution in [1.82, 2.24) is 0 Å². The summed E-state index contributed by atoms with van der Waals surface area (Å²) < 4.78 is 0. The minimum Gasteiger partial charge on any atom is -0.325 e. The van der Waals surface area contributed by atoms with Gasteiger partial charge in [0.2, 0.25) is 0 Å². The van der Waals surface area contributed by atoms with Crippen LogP contribution in [-0.4, -0.2) is 5.54 Å². The van der Waals surface area contributed by atoms with Crippen molar-refractivity contribution >= 4 is 0 Å². The Morgan fingerprint density at radius 1 is 0.750 bits per heavy atom. The first-order valence-electron chi connectivity index (χ1n) is 12.9. The quantitative estimate of drug-likeness (QED) is 0.516. The van der Waals surface area contributed by atoms with E-state index in [-0.39, 0.29) is 5.54 Å². The summed E-state index contributed by atoms with van der Waals surface area (Å²) >= 11 is 0. The molecule has 0 aliphatic heterocycles. The molecule has 0 radical (unpaired) electrons. The van der Waals surface area contributed by atoms with E-state index in [1.165, 1.54) is 89.9 Å². The Morgan fingerprint density at radius 3 is 2.18 bits per heavy atom. The van der Waals surface area contributed by atoms with Gasteiger partial charge in [-0.15, -0.1) is 0 Å². The van der Waals surface area contributed by atoms with E-state index < -0.39 is 0 Å². The lowest BCUT2D eigenvalue weighted by Gasteiger charge is -2.62. The van der Waals surface area contributed by atoms with Gasteiger partial charge in [0.15, 0.2) is 0 Å². The molecular weight excluding hydrogens is 338 g/mol. The molecule has 5 unspecified atom stereocenters. The Hall–Kier alpha value is -0.0400. The van der Waals surface area contributed by atoms with Gasteiger partial charge in [-0.05, 0) is 98.7 Å². The Bertz CT molecular complexity index is 520. The third-order valence-electron chi connectivity index (χ3n) is 10.4. The van der Waals surface area contributed by atoms with E-state index in [1.54, 1.807) is 0 Å². The molecule has 1 nitrogen and oxygen atoms in total. The fourth-order valence-corrected chi connectivity index (χ4v) is 8.56. The van der Waals surface area contributed by atoms with Crippen LogP contribution in [0.5, 0.6) is 0 Å². The Balaban J connectivity index is 1.98. The lowest BCUT2D eigenvalue weighted by atomic mass is 9.43. The lowest BCUT2D eigenvalue weighted by molar-refractivity contribution is -0.128. The summed E-state index contributed by atoms with van der Waals surface area (Å²) in [5, 5.41) is 0. The molecule has 3 rings (SSSR count). The first-order chi connectivity index (χ1) is 13.1. The normalized spacial score (nSPS) is 46.6. The zero-order valence-electron chi connectivity index (χ0n) is 20.2. The zero-order valence-corrected chi connectivity index (χ0v) is 20.2. The van der Waals surface area contributed by atoms with Crippen LogP contribution < -0.4 is 5.73 Å². The second kappa shape index (κ2) is 8.24. The third-order valence-corrected chi connectivity index (χ3v) is 10.4. The first kappa shape index (κ1) is 22.6. The summed E-state index contributed by atoms with van der Waals surface area (Å²) in [6, 6.07) is 0. The number of fused-ring (bicyclic) bond motifs is 3. The molecule has 2 N–H and O–H groups in total. The van der Waals surface area contributed by atoms with Crippen LogP contribution in [0.2, 0.25) is 0 Å². The second-order valence-corrected chi connectivity index (χ2v) is 12.5. The summed E-state index contributed by atoms with van der Waals surface area (Å²) in [6.45, 7) is 15.1. The highest BCUT2D eigenvalue weighted by Gasteiger charge is 2.61. The standard InChI is InChI=1S/C27H51N/c1-7-11-21-13-14-22-23-12-9-10-16-25(5,28)18-17-24(3,4)27(23,15-8-2)20-19-26(21,22)6/h21-23H,7-20,28H2,1-6H3/t21?,22?,23?,25?,26?,27-/m0/s1. The van der Waals surface area contributed by atoms with Crippen LogP contribution in [0, 0.1) is 34.0 Å². The molecule has 0 aromatic rings. The van der Waals surface area contributed by atoms with Gasteiger partial charge in [0, 0.05) is 5.54 Å². The predicted molar refractivity (Wildman–Crippen MR) is 123 cm³/mol. The summed E-state index contributed by atoms with van der Waals surface area (Å²) in [5.41, 5.74) is 8.35. The molecule has 3 aliphatic carbocycles. The van der Waals surface area contributed by atoms with Crippen molar-refractivity contribution in [1.29, 1.82) is 0 Å². The van der Waals surface area contributed by atoms with Gasteiger partial charge in [0.1, 0.15) is 0 Å². The van der Waals surface area contributed by atoms with Gasteiger partial charge in [-0.1, -0.05) is 66.7 Å². The zero-order chi connectivity index (χ0) is 20.6. The van der Waals surface area contributed by atoms with Gasteiger partial charge >= 0.3 is 0 Å². The van der Waals surface area contributed by atoms with Gasteiger partial charge in [0.05, 0.1) is 0 Å². The number of hydrogen-bond acceptors (Lipinski definition) is 1. The van der Waals surface area contributed by atoms with Crippen LogP contribution in [0.4, 0.5) is 0 Å². The number of rotatable bonds is 4. The van der Waals surface area contributed by atoms with Crippen LogP contribution in [0.25, 0.3) is 0 Å². The van der Waals surface area contributed by atoms with Crippen molar-refractivity contribution in [3.63, 3.8) is 0 Å². The molecule has 28 heavy (non-hydrogen) atoms. The van der Waals surface area contributed by atoms with Crippen molar-refractivity contribution in [2.45, 2.75) is 137 Å². The Labute approximate surface area is 177 Å². The van der Waals surface area contributed by atoms with Gasteiger partial charge in [-0.3, -0.25) is 0 Å². The minimum atomic E-state index is 0.0419. The number of hydrogen-bond donors (Lipinski definition) is 1. The topological polar surface area (TPSA) is 26.0 Å². The molecule has 0 heterocycles. The molecule has 0 amide bonds. The van der Waals surface area contributed by atoms with Crippen LogP contribution in [0.15, 0.2) is 0 Å². The van der Waals surface area contributed by atoms with Crippen molar-refractivity contribution in [2.75, 3.05) is 0 Å². The lowest BCUT2D eigenvalue weighted by Crippen LogP contribution is -2.55. The van der Waals surface area contributed by atoms with Crippen molar-refractivity contribution < 1.29 is 0 Å². The van der Waals surface area contributed by atoms with Gasteiger partial charge in [0.25, 0.3) is 0 Å². The molecular formula is C27H51N. The molecule has 0 aromatic heterocycles. The fraction of sp³-hybridized carbons (Fsp3) is 1.00. The maximum Gasteiger partial charge on any atom is 0.0126 e. The largest absolute Gasteiger partial charge is 0.325 e. The van der Waals surface area contributed by atoms with Crippen LogP contribution in [-0.2, 0) is 0 Å². The number of nitrogens with two attached hydrogens (primary N) is 1. The average molecular weight is 390 g/mol. The third kappa shape index (κ3) is 3.83. The van der Waals surface area contributed by atoms with Crippen molar-refractivity contribution in [3.05, 3.63) is 0 Å². The van der Waals surface area contributed by atoms with E-state index in [4.69, 9.17) is 5.73 Å². The van der Waals surface area contributed by atoms with Gasteiger partial charge < -0.3 is 5.73 Å². The molecule has 164 valence electrons. The molecule has 0 saturated heterocycles. The van der Waals surface area contributed by atoms with Crippen molar-refractivity contribution in [2.24, 2.45) is 39.7 Å². The maximum atomic E-state index is 6.73.